The van der Waals surface area contributed by atoms with E-state index in [9.17, 15) is 13.5 Å². The molecule has 1 aliphatic heterocycles. The average molecular weight is 390 g/mol. The van der Waals surface area contributed by atoms with Crippen LogP contribution in [0.4, 0.5) is 0 Å². The number of sulfone groups is 1. The molecule has 146 valence electrons. The molecule has 0 amide bonds. The highest BCUT2D eigenvalue weighted by Gasteiger charge is 2.31. The molecule has 0 saturated carbocycles. The predicted molar refractivity (Wildman–Crippen MR) is 106 cm³/mol. The van der Waals surface area contributed by atoms with Crippen LogP contribution in [-0.2, 0) is 9.84 Å². The summed E-state index contributed by atoms with van der Waals surface area (Å²) in [6.45, 7) is 5.22. The molecule has 1 heterocycles. The van der Waals surface area contributed by atoms with Crippen molar-refractivity contribution in [3.05, 3.63) is 60.2 Å². The highest BCUT2D eigenvalue weighted by Crippen LogP contribution is 2.26. The standard InChI is InChI=1S/C21H27NO4S/c1-16-12-22(14-21(23)17-6-4-3-5-7-17)13-18(16)15-26-19-8-10-20(11-9-19)27(2,24)25/h3-11,16,18,21,23H,12-15H2,1-2H3/t16-,18+,21+/m1/s1. The molecule has 1 N–H and O–H groups in total. The Balaban J connectivity index is 1.51. The van der Waals surface area contributed by atoms with Crippen molar-refractivity contribution in [1.82, 2.24) is 4.90 Å². The van der Waals surface area contributed by atoms with Crippen LogP contribution in [0.15, 0.2) is 59.5 Å². The van der Waals surface area contributed by atoms with Crippen LogP contribution in [0.1, 0.15) is 18.6 Å². The number of aliphatic hydroxyl groups excluding tert-OH is 1. The number of nitrogens with zero attached hydrogens (tertiary/aromatic N) is 1. The third-order valence-electron chi connectivity index (χ3n) is 5.18. The van der Waals surface area contributed by atoms with Gasteiger partial charge in [-0.3, -0.25) is 4.90 Å². The molecule has 0 aromatic heterocycles. The smallest absolute Gasteiger partial charge is 0.175 e. The van der Waals surface area contributed by atoms with Crippen molar-refractivity contribution in [1.29, 1.82) is 0 Å². The molecule has 6 heteroatoms. The number of β-amino-alcohol motifs (C(OH)–C–C–N with tert-alkyl or cyclic N) is 1. The second-order valence-electron chi connectivity index (χ2n) is 7.44. The summed E-state index contributed by atoms with van der Waals surface area (Å²) in [4.78, 5) is 2.58. The van der Waals surface area contributed by atoms with Gasteiger partial charge < -0.3 is 9.84 Å². The summed E-state index contributed by atoms with van der Waals surface area (Å²) in [7, 11) is -3.19. The Labute approximate surface area is 161 Å². The first-order valence-electron chi connectivity index (χ1n) is 9.21. The molecule has 5 nitrogen and oxygen atoms in total. The van der Waals surface area contributed by atoms with E-state index in [0.717, 1.165) is 18.7 Å². The number of benzene rings is 2. The van der Waals surface area contributed by atoms with Crippen LogP contribution in [0.3, 0.4) is 0 Å². The molecule has 0 aliphatic carbocycles. The number of aliphatic hydroxyl groups is 1. The average Bonchev–Trinajstić information content (AvgIpc) is 2.99. The van der Waals surface area contributed by atoms with Gasteiger partial charge in [0.25, 0.3) is 0 Å². The fourth-order valence-corrected chi connectivity index (χ4v) is 4.15. The largest absolute Gasteiger partial charge is 0.493 e. The van der Waals surface area contributed by atoms with Crippen LogP contribution < -0.4 is 4.74 Å². The molecule has 2 aromatic rings. The Bertz CT molecular complexity index is 836. The van der Waals surface area contributed by atoms with E-state index in [2.05, 4.69) is 11.8 Å². The number of rotatable bonds is 7. The summed E-state index contributed by atoms with van der Waals surface area (Å²) in [6, 6.07) is 16.3. The summed E-state index contributed by atoms with van der Waals surface area (Å²) in [5, 5.41) is 10.4. The first-order valence-corrected chi connectivity index (χ1v) is 11.1. The van der Waals surface area contributed by atoms with Crippen molar-refractivity contribution in [2.24, 2.45) is 11.8 Å². The van der Waals surface area contributed by atoms with Gasteiger partial charge in [0, 0.05) is 31.8 Å². The van der Waals surface area contributed by atoms with E-state index >= 15 is 0 Å². The fraction of sp³-hybridized carbons (Fsp3) is 0.429. The summed E-state index contributed by atoms with van der Waals surface area (Å²) in [5.41, 5.74) is 0.941. The van der Waals surface area contributed by atoms with Gasteiger partial charge in [-0.25, -0.2) is 8.42 Å². The van der Waals surface area contributed by atoms with Crippen LogP contribution in [0.2, 0.25) is 0 Å². The van der Waals surface area contributed by atoms with Crippen molar-refractivity contribution in [3.63, 3.8) is 0 Å². The number of hydrogen-bond acceptors (Lipinski definition) is 5. The summed E-state index contributed by atoms with van der Waals surface area (Å²) < 4.78 is 28.9. The maximum absolute atomic E-state index is 11.5. The Morgan fingerprint density at radius 3 is 2.41 bits per heavy atom. The predicted octanol–water partition coefficient (Wildman–Crippen LogP) is 2.77. The zero-order chi connectivity index (χ0) is 19.4. The van der Waals surface area contributed by atoms with E-state index in [1.165, 1.54) is 6.26 Å². The van der Waals surface area contributed by atoms with E-state index in [1.807, 2.05) is 30.3 Å². The molecular weight excluding hydrogens is 362 g/mol. The van der Waals surface area contributed by atoms with Gasteiger partial charge in [0.15, 0.2) is 9.84 Å². The van der Waals surface area contributed by atoms with E-state index in [-0.39, 0.29) is 0 Å². The van der Waals surface area contributed by atoms with Crippen molar-refractivity contribution in [2.75, 3.05) is 32.5 Å². The molecule has 2 aromatic carbocycles. The molecule has 3 rings (SSSR count). The minimum Gasteiger partial charge on any atom is -0.493 e. The molecule has 1 aliphatic rings. The zero-order valence-corrected chi connectivity index (χ0v) is 16.6. The van der Waals surface area contributed by atoms with Crippen LogP contribution >= 0.6 is 0 Å². The Morgan fingerprint density at radius 2 is 1.78 bits per heavy atom. The molecular formula is C21H27NO4S. The van der Waals surface area contributed by atoms with Crippen LogP contribution in [-0.4, -0.2) is 50.9 Å². The maximum atomic E-state index is 11.5. The third kappa shape index (κ3) is 5.31. The number of ether oxygens (including phenoxy) is 1. The highest BCUT2D eigenvalue weighted by atomic mass is 32.2. The molecule has 1 saturated heterocycles. The van der Waals surface area contributed by atoms with Crippen LogP contribution in [0, 0.1) is 11.8 Å². The van der Waals surface area contributed by atoms with Crippen LogP contribution in [0.5, 0.6) is 5.75 Å². The summed E-state index contributed by atoms with van der Waals surface area (Å²) >= 11 is 0. The quantitative estimate of drug-likeness (QED) is 0.789. The van der Waals surface area contributed by atoms with Gasteiger partial charge in [-0.05, 0) is 35.7 Å². The van der Waals surface area contributed by atoms with Gasteiger partial charge >= 0.3 is 0 Å². The number of hydrogen-bond donors (Lipinski definition) is 1. The lowest BCUT2D eigenvalue weighted by molar-refractivity contribution is 0.121. The Morgan fingerprint density at radius 1 is 1.11 bits per heavy atom. The first-order chi connectivity index (χ1) is 12.8. The molecule has 0 unspecified atom stereocenters. The molecule has 0 spiro atoms. The van der Waals surface area contributed by atoms with E-state index in [4.69, 9.17) is 4.74 Å². The van der Waals surface area contributed by atoms with Gasteiger partial charge in [0.1, 0.15) is 5.75 Å². The Kier molecular flexibility index (Phi) is 6.19. The van der Waals surface area contributed by atoms with Crippen molar-refractivity contribution >= 4 is 9.84 Å². The second-order valence-corrected chi connectivity index (χ2v) is 9.45. The minimum absolute atomic E-state index is 0.296. The number of likely N-dealkylation sites (tertiary alicyclic amines) is 1. The van der Waals surface area contributed by atoms with Gasteiger partial charge in [-0.15, -0.1) is 0 Å². The van der Waals surface area contributed by atoms with Gasteiger partial charge in [-0.1, -0.05) is 37.3 Å². The monoisotopic (exact) mass is 389 g/mol. The SMILES string of the molecule is C[C@@H]1CN(C[C@H](O)c2ccccc2)C[C@H]1COc1ccc(S(C)(=O)=O)cc1. The molecule has 0 radical (unpaired) electrons. The maximum Gasteiger partial charge on any atom is 0.175 e. The topological polar surface area (TPSA) is 66.8 Å². The lowest BCUT2D eigenvalue weighted by Crippen LogP contribution is -2.27. The fourth-order valence-electron chi connectivity index (χ4n) is 3.52. The molecule has 1 fully saturated rings. The third-order valence-corrected chi connectivity index (χ3v) is 6.30. The van der Waals surface area contributed by atoms with Crippen molar-refractivity contribution in [2.45, 2.75) is 17.9 Å². The molecule has 3 atom stereocenters. The van der Waals surface area contributed by atoms with Crippen molar-refractivity contribution < 1.29 is 18.3 Å². The van der Waals surface area contributed by atoms with Crippen molar-refractivity contribution in [3.8, 4) is 5.75 Å². The van der Waals surface area contributed by atoms with E-state index in [0.29, 0.717) is 35.6 Å². The molecule has 27 heavy (non-hydrogen) atoms. The van der Waals surface area contributed by atoms with E-state index in [1.54, 1.807) is 24.3 Å². The van der Waals surface area contributed by atoms with E-state index < -0.39 is 15.9 Å². The Hall–Kier alpha value is -1.89. The second kappa shape index (κ2) is 8.42. The lowest BCUT2D eigenvalue weighted by atomic mass is 9.99. The first kappa shape index (κ1) is 19.9. The zero-order valence-electron chi connectivity index (χ0n) is 15.8. The van der Waals surface area contributed by atoms with Gasteiger partial charge in [0.2, 0.25) is 0 Å². The molecule has 0 bridgehead atoms. The highest BCUT2D eigenvalue weighted by molar-refractivity contribution is 7.90. The van der Waals surface area contributed by atoms with Gasteiger partial charge in [-0.2, -0.15) is 0 Å². The van der Waals surface area contributed by atoms with Crippen LogP contribution in [0.25, 0.3) is 0 Å². The minimum atomic E-state index is -3.19. The normalized spacial score (nSPS) is 21.9. The lowest BCUT2D eigenvalue weighted by Gasteiger charge is -2.20. The summed E-state index contributed by atoms with van der Waals surface area (Å²) in [5.74, 6) is 1.53. The summed E-state index contributed by atoms with van der Waals surface area (Å²) in [6.07, 6.45) is 0.711. The van der Waals surface area contributed by atoms with Gasteiger partial charge in [0.05, 0.1) is 17.6 Å².